The summed E-state index contributed by atoms with van der Waals surface area (Å²) in [5.74, 6) is 2.12. The van der Waals surface area contributed by atoms with Crippen LogP contribution in [-0.4, -0.2) is 37.0 Å². The lowest BCUT2D eigenvalue weighted by molar-refractivity contribution is -0.111. The zero-order chi connectivity index (χ0) is 35.7. The second-order valence-electron chi connectivity index (χ2n) is 12.1. The molecule has 10 rings (SSSR count). The van der Waals surface area contributed by atoms with Crippen molar-refractivity contribution in [3.63, 3.8) is 0 Å². The number of nitrogens with zero attached hydrogens (tertiary/aromatic N) is 4. The first-order chi connectivity index (χ1) is 26.1. The number of hydrogen-bond acceptors (Lipinski definition) is 10. The number of nitrogens with one attached hydrogen (secondary N) is 5. The SMILES string of the molecule is O=C1Nc2ncc(-c3ccco3)cc2C1=CNc1ccc2cn[nH]c2c1.O=C1Nc2ncc(-c3ccco3)cc2C1=CNc1ccc2ncccc2c1. The van der Waals surface area contributed by atoms with Gasteiger partial charge in [0.15, 0.2) is 0 Å². The van der Waals surface area contributed by atoms with E-state index in [9.17, 15) is 9.59 Å². The van der Waals surface area contributed by atoms with Crippen LogP contribution < -0.4 is 21.3 Å². The molecule has 0 saturated heterocycles. The van der Waals surface area contributed by atoms with Crippen LogP contribution in [0.3, 0.4) is 0 Å². The van der Waals surface area contributed by atoms with Gasteiger partial charge in [-0.15, -0.1) is 0 Å². The van der Waals surface area contributed by atoms with Gasteiger partial charge in [-0.2, -0.15) is 5.10 Å². The minimum Gasteiger partial charge on any atom is -0.464 e. The molecule has 0 saturated carbocycles. The van der Waals surface area contributed by atoms with E-state index < -0.39 is 0 Å². The van der Waals surface area contributed by atoms with E-state index in [1.165, 1.54) is 0 Å². The van der Waals surface area contributed by atoms with Crippen LogP contribution in [-0.2, 0) is 9.59 Å². The predicted molar refractivity (Wildman–Crippen MR) is 202 cm³/mol. The normalized spacial score (nSPS) is 14.5. The first kappa shape index (κ1) is 31.2. The molecule has 8 heterocycles. The lowest BCUT2D eigenvalue weighted by Gasteiger charge is -2.05. The maximum Gasteiger partial charge on any atom is 0.259 e. The molecule has 2 amide bonds. The van der Waals surface area contributed by atoms with Gasteiger partial charge in [-0.3, -0.25) is 19.7 Å². The Morgan fingerprint density at radius 2 is 1.23 bits per heavy atom. The van der Waals surface area contributed by atoms with Crippen LogP contribution in [0.15, 0.2) is 143 Å². The molecule has 8 aromatic rings. The average molecular weight is 698 g/mol. The monoisotopic (exact) mass is 697 g/mol. The molecular weight excluding hydrogens is 670 g/mol. The number of hydrogen-bond donors (Lipinski definition) is 5. The van der Waals surface area contributed by atoms with Crippen LogP contribution in [0, 0.1) is 0 Å². The molecule has 13 nitrogen and oxygen atoms in total. The topological polar surface area (TPSA) is 176 Å². The molecule has 0 radical (unpaired) electrons. The zero-order valence-corrected chi connectivity index (χ0v) is 27.6. The van der Waals surface area contributed by atoms with Gasteiger partial charge >= 0.3 is 0 Å². The number of pyridine rings is 3. The van der Waals surface area contributed by atoms with Crippen LogP contribution in [0.4, 0.5) is 23.0 Å². The molecule has 0 aliphatic carbocycles. The Bertz CT molecular complexity index is 2730. The van der Waals surface area contributed by atoms with Gasteiger partial charge < -0.3 is 30.1 Å². The average Bonchev–Trinajstić information content (AvgIpc) is 4.04. The predicted octanol–water partition coefficient (Wildman–Crippen LogP) is 7.92. The van der Waals surface area contributed by atoms with Gasteiger partial charge in [0.05, 0.1) is 40.9 Å². The van der Waals surface area contributed by atoms with E-state index in [1.807, 2.05) is 84.9 Å². The number of fused-ring (bicyclic) bond motifs is 4. The number of carbonyl (C=O) groups excluding carboxylic acids is 2. The number of H-pyrrole nitrogens is 1. The number of carbonyl (C=O) groups is 2. The lowest BCUT2D eigenvalue weighted by Crippen LogP contribution is -2.05. The summed E-state index contributed by atoms with van der Waals surface area (Å²) >= 11 is 0. The number of rotatable bonds is 6. The van der Waals surface area contributed by atoms with Crippen LogP contribution in [0.2, 0.25) is 0 Å². The fourth-order valence-electron chi connectivity index (χ4n) is 6.08. The van der Waals surface area contributed by atoms with E-state index in [4.69, 9.17) is 8.83 Å². The summed E-state index contributed by atoms with van der Waals surface area (Å²) in [4.78, 5) is 37.7. The van der Waals surface area contributed by atoms with E-state index in [0.717, 1.165) is 55.4 Å². The van der Waals surface area contributed by atoms with Crippen molar-refractivity contribution in [2.45, 2.75) is 0 Å². The van der Waals surface area contributed by atoms with E-state index in [2.05, 4.69) is 46.4 Å². The smallest absolute Gasteiger partial charge is 0.259 e. The summed E-state index contributed by atoms with van der Waals surface area (Å²) in [5, 5.41) is 20.9. The number of aromatic nitrogens is 5. The van der Waals surface area contributed by atoms with Crippen LogP contribution >= 0.6 is 0 Å². The van der Waals surface area contributed by atoms with Crippen molar-refractivity contribution in [2.24, 2.45) is 0 Å². The fourth-order valence-corrected chi connectivity index (χ4v) is 6.08. The first-order valence-corrected chi connectivity index (χ1v) is 16.5. The van der Waals surface area contributed by atoms with Crippen molar-refractivity contribution in [3.8, 4) is 22.6 Å². The highest BCUT2D eigenvalue weighted by atomic mass is 16.3. The summed E-state index contributed by atoms with van der Waals surface area (Å²) in [6.07, 6.45) is 13.5. The molecule has 2 aromatic carbocycles. The zero-order valence-electron chi connectivity index (χ0n) is 27.6. The standard InChI is InChI=1S/C21H14N4O2.C19H13N5O2/c26-21-17(12-23-15-5-6-18-13(9-15)3-1-7-22-18)16-10-14(11-24-20(16)25-21)19-4-2-8-27-19;25-19-15(10-20-13-4-3-11-9-22-24-16(11)7-13)14-6-12(8-21-18(14)23-19)17-2-1-5-26-17/h1-12,23H,(H,24,25,26);1-10,20H,(H,22,24)(H,21,23,25). The summed E-state index contributed by atoms with van der Waals surface area (Å²) in [7, 11) is 0. The number of benzene rings is 2. The second kappa shape index (κ2) is 13.2. The van der Waals surface area contributed by atoms with Crippen molar-refractivity contribution in [1.29, 1.82) is 0 Å². The molecule has 2 aliphatic rings. The fraction of sp³-hybridized carbons (Fsp3) is 0. The Morgan fingerprint density at radius 3 is 1.85 bits per heavy atom. The minimum atomic E-state index is -0.195. The van der Waals surface area contributed by atoms with Crippen molar-refractivity contribution in [2.75, 3.05) is 21.3 Å². The highest BCUT2D eigenvalue weighted by Gasteiger charge is 2.27. The molecule has 0 unspecified atom stereocenters. The van der Waals surface area contributed by atoms with E-state index in [0.29, 0.717) is 34.3 Å². The Labute approximate surface area is 300 Å². The molecule has 0 bridgehead atoms. The van der Waals surface area contributed by atoms with Crippen LogP contribution in [0.1, 0.15) is 11.1 Å². The van der Waals surface area contributed by atoms with Crippen molar-refractivity contribution >= 4 is 67.8 Å². The van der Waals surface area contributed by atoms with Gasteiger partial charge in [0.2, 0.25) is 0 Å². The lowest BCUT2D eigenvalue weighted by atomic mass is 10.1. The number of anilines is 4. The van der Waals surface area contributed by atoms with Gasteiger partial charge in [0, 0.05) is 75.4 Å². The van der Waals surface area contributed by atoms with Gasteiger partial charge in [-0.1, -0.05) is 6.07 Å². The van der Waals surface area contributed by atoms with E-state index >= 15 is 0 Å². The van der Waals surface area contributed by atoms with Gasteiger partial charge in [-0.05, 0) is 78.9 Å². The molecule has 256 valence electrons. The van der Waals surface area contributed by atoms with Crippen LogP contribution in [0.25, 0.3) is 55.6 Å². The molecule has 53 heavy (non-hydrogen) atoms. The summed E-state index contributed by atoms with van der Waals surface area (Å²) in [6, 6.07) is 26.7. The Hall–Kier alpha value is -7.80. The molecule has 0 atom stereocenters. The van der Waals surface area contributed by atoms with Crippen molar-refractivity contribution in [1.82, 2.24) is 25.1 Å². The largest absolute Gasteiger partial charge is 0.464 e. The highest BCUT2D eigenvalue weighted by Crippen LogP contribution is 2.35. The highest BCUT2D eigenvalue weighted by molar-refractivity contribution is 6.32. The second-order valence-corrected chi connectivity index (χ2v) is 12.1. The van der Waals surface area contributed by atoms with Gasteiger partial charge in [0.25, 0.3) is 11.8 Å². The third-order valence-corrected chi connectivity index (χ3v) is 8.73. The van der Waals surface area contributed by atoms with E-state index in [1.54, 1.807) is 49.7 Å². The van der Waals surface area contributed by atoms with Crippen molar-refractivity contribution in [3.05, 3.63) is 146 Å². The van der Waals surface area contributed by atoms with Gasteiger partial charge in [0.1, 0.15) is 23.2 Å². The van der Waals surface area contributed by atoms with Gasteiger partial charge in [-0.25, -0.2) is 9.97 Å². The number of amides is 2. The number of aromatic amines is 1. The third-order valence-electron chi connectivity index (χ3n) is 8.73. The molecular formula is C40H27N9O4. The summed E-state index contributed by atoms with van der Waals surface area (Å²) in [6.45, 7) is 0. The quantitative estimate of drug-likeness (QED) is 0.107. The molecule has 0 fully saturated rings. The summed E-state index contributed by atoms with van der Waals surface area (Å²) < 4.78 is 10.8. The maximum absolute atomic E-state index is 12.4. The van der Waals surface area contributed by atoms with Crippen molar-refractivity contribution < 1.29 is 18.4 Å². The van der Waals surface area contributed by atoms with Crippen LogP contribution in [0.5, 0.6) is 0 Å². The Balaban J connectivity index is 0.000000141. The minimum absolute atomic E-state index is 0.191. The Kier molecular flexibility index (Phi) is 7.74. The third kappa shape index (κ3) is 6.14. The molecule has 5 N–H and O–H groups in total. The molecule has 0 spiro atoms. The summed E-state index contributed by atoms with van der Waals surface area (Å²) in [5.41, 5.74) is 7.72. The molecule has 13 heteroatoms. The Morgan fingerprint density at radius 1 is 0.604 bits per heavy atom. The molecule has 2 aliphatic heterocycles. The number of furan rings is 2. The molecule has 6 aromatic heterocycles. The first-order valence-electron chi connectivity index (χ1n) is 16.5. The maximum atomic E-state index is 12.4. The van der Waals surface area contributed by atoms with E-state index in [-0.39, 0.29) is 11.8 Å².